The van der Waals surface area contributed by atoms with Crippen molar-refractivity contribution in [3.05, 3.63) is 84.4 Å². The Hall–Kier alpha value is -4.13. The van der Waals surface area contributed by atoms with E-state index in [-0.39, 0.29) is 24.3 Å². The van der Waals surface area contributed by atoms with Crippen LogP contribution in [0.3, 0.4) is 0 Å². The molecule has 0 saturated heterocycles. The van der Waals surface area contributed by atoms with E-state index in [1.165, 1.54) is 4.90 Å². The molecule has 3 aromatic rings. The lowest BCUT2D eigenvalue weighted by Gasteiger charge is -2.33. The highest BCUT2D eigenvalue weighted by molar-refractivity contribution is 6.08. The van der Waals surface area contributed by atoms with E-state index in [1.807, 2.05) is 24.3 Å². The van der Waals surface area contributed by atoms with Crippen molar-refractivity contribution in [3.8, 4) is 5.75 Å². The third-order valence-corrected chi connectivity index (χ3v) is 4.82. The van der Waals surface area contributed by atoms with Crippen LogP contribution in [0.25, 0.3) is 0 Å². The van der Waals surface area contributed by atoms with Gasteiger partial charge in [0.15, 0.2) is 6.10 Å². The Bertz CT molecular complexity index is 1120. The molecule has 7 heteroatoms. The monoisotopic (exact) mass is 415 g/mol. The Morgan fingerprint density at radius 3 is 2.29 bits per heavy atom. The molecule has 7 nitrogen and oxygen atoms in total. The molecule has 0 spiro atoms. The summed E-state index contributed by atoms with van der Waals surface area (Å²) in [4.78, 5) is 39.2. The number of anilines is 3. The molecule has 0 fully saturated rings. The minimum atomic E-state index is -0.721. The van der Waals surface area contributed by atoms with Crippen LogP contribution < -0.4 is 20.3 Å². The molecule has 0 saturated carbocycles. The molecule has 0 bridgehead atoms. The van der Waals surface area contributed by atoms with Crippen LogP contribution in [0.15, 0.2) is 78.9 Å². The molecule has 1 aliphatic rings. The number of carbonyl (C=O) groups excluding carboxylic acids is 3. The van der Waals surface area contributed by atoms with Crippen LogP contribution in [0.1, 0.15) is 17.3 Å². The lowest BCUT2D eigenvalue weighted by molar-refractivity contribution is -0.127. The van der Waals surface area contributed by atoms with Crippen molar-refractivity contribution in [1.29, 1.82) is 0 Å². The van der Waals surface area contributed by atoms with Crippen LogP contribution in [0.5, 0.6) is 5.75 Å². The number of para-hydroxylation sites is 1. The number of amides is 3. The quantitative estimate of drug-likeness (QED) is 0.665. The molecule has 0 radical (unpaired) electrons. The van der Waals surface area contributed by atoms with Crippen LogP contribution in [-0.4, -0.2) is 30.4 Å². The fraction of sp³-hybridized carbons (Fsp3) is 0.125. The third-order valence-electron chi connectivity index (χ3n) is 4.82. The van der Waals surface area contributed by atoms with Gasteiger partial charge in [0, 0.05) is 16.9 Å². The standard InChI is InChI=1S/C24H21N3O4/c1-16-24(30)27(15-22(28)25-18-10-6-3-7-11-18)20-14-19(12-13-21(20)31-16)26-23(29)17-8-4-2-5-9-17/h2-14,16H,15H2,1H3,(H,25,28)(H,26,29). The van der Waals surface area contributed by atoms with E-state index in [9.17, 15) is 14.4 Å². The summed E-state index contributed by atoms with van der Waals surface area (Å²) in [6.07, 6.45) is -0.721. The van der Waals surface area contributed by atoms with E-state index in [4.69, 9.17) is 4.74 Å². The molecule has 1 heterocycles. The van der Waals surface area contributed by atoms with Gasteiger partial charge in [0.1, 0.15) is 12.3 Å². The Morgan fingerprint density at radius 1 is 0.903 bits per heavy atom. The fourth-order valence-corrected chi connectivity index (χ4v) is 3.31. The number of hydrogen-bond acceptors (Lipinski definition) is 4. The average molecular weight is 415 g/mol. The number of nitrogens with one attached hydrogen (secondary N) is 2. The molecular formula is C24H21N3O4. The SMILES string of the molecule is CC1Oc2ccc(NC(=O)c3ccccc3)cc2N(CC(=O)Nc2ccccc2)C1=O. The zero-order chi connectivity index (χ0) is 21.8. The van der Waals surface area contributed by atoms with E-state index in [0.29, 0.717) is 28.4 Å². The van der Waals surface area contributed by atoms with Gasteiger partial charge in [-0.25, -0.2) is 0 Å². The predicted molar refractivity (Wildman–Crippen MR) is 118 cm³/mol. The lowest BCUT2D eigenvalue weighted by Crippen LogP contribution is -2.47. The Labute approximate surface area is 179 Å². The van der Waals surface area contributed by atoms with E-state index in [2.05, 4.69) is 10.6 Å². The molecular weight excluding hydrogens is 394 g/mol. The second kappa shape index (κ2) is 8.71. The van der Waals surface area contributed by atoms with Crippen molar-refractivity contribution in [2.45, 2.75) is 13.0 Å². The molecule has 0 aliphatic carbocycles. The van der Waals surface area contributed by atoms with Crippen molar-refractivity contribution < 1.29 is 19.1 Å². The van der Waals surface area contributed by atoms with E-state index in [1.54, 1.807) is 61.5 Å². The molecule has 1 unspecified atom stereocenters. The normalized spacial score (nSPS) is 14.9. The van der Waals surface area contributed by atoms with E-state index >= 15 is 0 Å². The summed E-state index contributed by atoms with van der Waals surface area (Å²) >= 11 is 0. The molecule has 156 valence electrons. The fourth-order valence-electron chi connectivity index (χ4n) is 3.31. The van der Waals surface area contributed by atoms with Crippen LogP contribution in [0, 0.1) is 0 Å². The summed E-state index contributed by atoms with van der Waals surface area (Å²) in [6, 6.07) is 22.8. The first-order chi connectivity index (χ1) is 15.0. The highest BCUT2D eigenvalue weighted by Gasteiger charge is 2.33. The Balaban J connectivity index is 1.56. The van der Waals surface area contributed by atoms with Gasteiger partial charge in [0.2, 0.25) is 5.91 Å². The van der Waals surface area contributed by atoms with Crippen molar-refractivity contribution in [2.75, 3.05) is 22.1 Å². The van der Waals surface area contributed by atoms with Gasteiger partial charge in [-0.1, -0.05) is 36.4 Å². The highest BCUT2D eigenvalue weighted by Crippen LogP contribution is 2.36. The molecule has 1 atom stereocenters. The zero-order valence-corrected chi connectivity index (χ0v) is 16.9. The second-order valence-corrected chi connectivity index (χ2v) is 7.10. The van der Waals surface area contributed by atoms with Gasteiger partial charge in [-0.15, -0.1) is 0 Å². The summed E-state index contributed by atoms with van der Waals surface area (Å²) in [5.41, 5.74) is 2.08. The molecule has 2 N–H and O–H groups in total. The zero-order valence-electron chi connectivity index (χ0n) is 16.9. The van der Waals surface area contributed by atoms with Crippen LogP contribution in [-0.2, 0) is 9.59 Å². The number of carbonyl (C=O) groups is 3. The van der Waals surface area contributed by atoms with Gasteiger partial charge in [-0.05, 0) is 49.4 Å². The van der Waals surface area contributed by atoms with Crippen LogP contribution >= 0.6 is 0 Å². The molecule has 31 heavy (non-hydrogen) atoms. The number of ether oxygens (including phenoxy) is 1. The maximum absolute atomic E-state index is 12.8. The molecule has 3 amide bonds. The van der Waals surface area contributed by atoms with Gasteiger partial charge >= 0.3 is 0 Å². The Kier molecular flexibility index (Phi) is 5.66. The summed E-state index contributed by atoms with van der Waals surface area (Å²) in [5.74, 6) is -0.469. The highest BCUT2D eigenvalue weighted by atomic mass is 16.5. The van der Waals surface area contributed by atoms with Crippen molar-refractivity contribution >= 4 is 34.8 Å². The first-order valence-electron chi connectivity index (χ1n) is 9.84. The van der Waals surface area contributed by atoms with Gasteiger partial charge in [-0.2, -0.15) is 0 Å². The number of rotatable bonds is 5. The van der Waals surface area contributed by atoms with Crippen molar-refractivity contribution in [3.63, 3.8) is 0 Å². The summed E-state index contributed by atoms with van der Waals surface area (Å²) in [6.45, 7) is 1.46. The van der Waals surface area contributed by atoms with E-state index < -0.39 is 6.10 Å². The predicted octanol–water partition coefficient (Wildman–Crippen LogP) is 3.69. The van der Waals surface area contributed by atoms with Gasteiger partial charge in [0.25, 0.3) is 11.8 Å². The topological polar surface area (TPSA) is 87.7 Å². The maximum Gasteiger partial charge on any atom is 0.268 e. The molecule has 0 aromatic heterocycles. The van der Waals surface area contributed by atoms with Crippen LogP contribution in [0.2, 0.25) is 0 Å². The number of nitrogens with zero attached hydrogens (tertiary/aromatic N) is 1. The number of hydrogen-bond donors (Lipinski definition) is 2. The summed E-state index contributed by atoms with van der Waals surface area (Å²) in [7, 11) is 0. The molecule has 3 aromatic carbocycles. The summed E-state index contributed by atoms with van der Waals surface area (Å²) in [5, 5.41) is 5.60. The molecule has 1 aliphatic heterocycles. The smallest absolute Gasteiger partial charge is 0.268 e. The number of benzene rings is 3. The van der Waals surface area contributed by atoms with E-state index in [0.717, 1.165) is 0 Å². The lowest BCUT2D eigenvalue weighted by atomic mass is 10.1. The summed E-state index contributed by atoms with van der Waals surface area (Å²) < 4.78 is 5.68. The molecule has 4 rings (SSSR count). The largest absolute Gasteiger partial charge is 0.479 e. The first-order valence-corrected chi connectivity index (χ1v) is 9.84. The average Bonchev–Trinajstić information content (AvgIpc) is 2.78. The van der Waals surface area contributed by atoms with Crippen molar-refractivity contribution in [2.24, 2.45) is 0 Å². The van der Waals surface area contributed by atoms with Gasteiger partial charge in [0.05, 0.1) is 5.69 Å². The third kappa shape index (κ3) is 4.56. The van der Waals surface area contributed by atoms with Gasteiger partial charge in [-0.3, -0.25) is 19.3 Å². The Morgan fingerprint density at radius 2 is 1.58 bits per heavy atom. The van der Waals surface area contributed by atoms with Gasteiger partial charge < -0.3 is 15.4 Å². The minimum absolute atomic E-state index is 0.176. The van der Waals surface area contributed by atoms with Crippen molar-refractivity contribution in [1.82, 2.24) is 0 Å². The maximum atomic E-state index is 12.8. The minimum Gasteiger partial charge on any atom is -0.479 e. The van der Waals surface area contributed by atoms with Crippen LogP contribution in [0.4, 0.5) is 17.1 Å². The first kappa shape index (κ1) is 20.2. The number of fused-ring (bicyclic) bond motifs is 1. The second-order valence-electron chi connectivity index (χ2n) is 7.10.